The summed E-state index contributed by atoms with van der Waals surface area (Å²) in [7, 11) is 0. The van der Waals surface area contributed by atoms with E-state index in [1.54, 1.807) is 38.2 Å². The Balaban J connectivity index is 2.00. The number of ether oxygens (including phenoxy) is 2. The monoisotopic (exact) mass is 665 g/mol. The summed E-state index contributed by atoms with van der Waals surface area (Å²) in [5, 5.41) is 8.80. The molecule has 0 aromatic heterocycles. The van der Waals surface area contributed by atoms with E-state index in [9.17, 15) is 19.2 Å². The van der Waals surface area contributed by atoms with E-state index in [4.69, 9.17) is 21.1 Å². The first kappa shape index (κ1) is 38.8. The molecule has 0 spiro atoms. The van der Waals surface area contributed by atoms with Crippen LogP contribution in [0.3, 0.4) is 0 Å². The van der Waals surface area contributed by atoms with Crippen molar-refractivity contribution in [2.75, 3.05) is 0 Å². The van der Waals surface area contributed by atoms with Gasteiger partial charge in [0.1, 0.15) is 18.2 Å². The number of nitrogens with one attached hydrogen (secondary N) is 3. The van der Waals surface area contributed by atoms with E-state index in [1.807, 2.05) is 76.3 Å². The van der Waals surface area contributed by atoms with E-state index >= 15 is 0 Å². The molecule has 0 radical (unpaired) electrons. The number of carbonyl (C=O) groups is 4. The molecule has 1 aliphatic heterocycles. The Morgan fingerprint density at radius 2 is 1.74 bits per heavy atom. The molecule has 0 saturated heterocycles. The van der Waals surface area contributed by atoms with Crippen molar-refractivity contribution in [2.45, 2.75) is 91.5 Å². The third kappa shape index (κ3) is 16.1. The molecule has 0 bridgehead atoms. The summed E-state index contributed by atoms with van der Waals surface area (Å²) in [6.07, 6.45) is 15.9. The van der Waals surface area contributed by atoms with Crippen LogP contribution in [0.15, 0.2) is 101 Å². The fraction of sp³-hybridized carbons (Fsp3) is 0.405. The van der Waals surface area contributed by atoms with Crippen molar-refractivity contribution in [1.29, 1.82) is 0 Å². The minimum absolute atomic E-state index is 0.0287. The Kier molecular flexibility index (Phi) is 17.1. The second-order valence-corrected chi connectivity index (χ2v) is 12.4. The van der Waals surface area contributed by atoms with Crippen molar-refractivity contribution in [1.82, 2.24) is 16.0 Å². The van der Waals surface area contributed by atoms with E-state index in [0.717, 1.165) is 11.1 Å². The average Bonchev–Trinajstić information content (AvgIpc) is 3.01. The quantitative estimate of drug-likeness (QED) is 0.102. The lowest BCUT2D eigenvalue weighted by Gasteiger charge is -2.25. The second kappa shape index (κ2) is 20.7. The van der Waals surface area contributed by atoms with E-state index in [2.05, 4.69) is 16.0 Å². The lowest BCUT2D eigenvalue weighted by molar-refractivity contribution is -0.147. The first-order valence-electron chi connectivity index (χ1n) is 15.8. The molecule has 3 amide bonds. The molecule has 0 saturated carbocycles. The zero-order valence-electron chi connectivity index (χ0n) is 28.1. The molecule has 1 aromatic rings. The first-order valence-corrected chi connectivity index (χ1v) is 16.2. The first-order chi connectivity index (χ1) is 22.3. The number of rotatable bonds is 16. The number of esters is 1. The van der Waals surface area contributed by atoms with Gasteiger partial charge in [-0.25, -0.2) is 9.59 Å². The molecule has 3 N–H and O–H groups in total. The molecule has 1 aromatic carbocycles. The maximum Gasteiger partial charge on any atom is 0.407 e. The van der Waals surface area contributed by atoms with Gasteiger partial charge in [0.25, 0.3) is 0 Å². The highest BCUT2D eigenvalue weighted by Gasteiger charge is 2.24. The van der Waals surface area contributed by atoms with Gasteiger partial charge in [-0.15, -0.1) is 0 Å². The fourth-order valence-corrected chi connectivity index (χ4v) is 4.64. The number of amides is 3. The maximum absolute atomic E-state index is 13.2. The molecule has 47 heavy (non-hydrogen) atoms. The minimum atomic E-state index is -0.841. The number of allylic oxidation sites excluding steroid dienone is 5. The molecule has 0 aliphatic carbocycles. The van der Waals surface area contributed by atoms with Crippen LogP contribution in [0.2, 0.25) is 0 Å². The van der Waals surface area contributed by atoms with E-state index in [1.165, 1.54) is 12.3 Å². The van der Waals surface area contributed by atoms with Crippen LogP contribution in [-0.2, 0) is 30.3 Å². The lowest BCUT2D eigenvalue weighted by Crippen LogP contribution is -2.46. The van der Waals surface area contributed by atoms with E-state index < -0.39 is 30.1 Å². The zero-order chi connectivity index (χ0) is 34.8. The molecule has 1 heterocycles. The van der Waals surface area contributed by atoms with Gasteiger partial charge in [-0.05, 0) is 46.4 Å². The standard InChI is InChI=1S/C37H48ClN3O6/c1-25(2)40-37(45)46-31(20-19-29(6)38)16-12-22-39-35(43)32(24-30-14-8-7-9-15-30)41-34(42)17-11-10-13-26(3)23-28(5)33-21-18-27(4)36(44)47-33/h7-15,17-19,22-23,25,28,31-33H,16,20-21,24H2,1-6H3,(H,39,43)(H,40,45)(H,41,42)/b13-10-,17-11-,22-12-,26-23+,29-19+/t28-,31+,32-,33-/m0/s1. The number of hydrogen-bond donors (Lipinski definition) is 3. The van der Waals surface area contributed by atoms with Crippen LogP contribution in [0.4, 0.5) is 4.79 Å². The van der Waals surface area contributed by atoms with Gasteiger partial charge in [-0.3, -0.25) is 9.59 Å². The van der Waals surface area contributed by atoms with E-state index in [0.29, 0.717) is 29.9 Å². The molecule has 254 valence electrons. The summed E-state index contributed by atoms with van der Waals surface area (Å²) in [5.41, 5.74) is 2.48. The zero-order valence-corrected chi connectivity index (χ0v) is 28.9. The fourth-order valence-electron chi connectivity index (χ4n) is 4.55. The van der Waals surface area contributed by atoms with Gasteiger partial charge in [0.2, 0.25) is 11.8 Å². The molecule has 10 heteroatoms. The van der Waals surface area contributed by atoms with Crippen LogP contribution in [0.25, 0.3) is 0 Å². The molecular weight excluding hydrogens is 618 g/mol. The summed E-state index contributed by atoms with van der Waals surface area (Å²) in [6, 6.07) is 8.49. The number of hydrogen-bond acceptors (Lipinski definition) is 6. The molecule has 0 fully saturated rings. The van der Waals surface area contributed by atoms with Gasteiger partial charge in [-0.1, -0.05) is 97.0 Å². The number of cyclic esters (lactones) is 1. The summed E-state index contributed by atoms with van der Waals surface area (Å²) >= 11 is 5.96. The van der Waals surface area contributed by atoms with Gasteiger partial charge in [0, 0.05) is 54.3 Å². The third-order valence-corrected chi connectivity index (χ3v) is 7.22. The Labute approximate surface area is 283 Å². The molecule has 0 unspecified atom stereocenters. The lowest BCUT2D eigenvalue weighted by atomic mass is 9.96. The van der Waals surface area contributed by atoms with Gasteiger partial charge in [0.15, 0.2) is 0 Å². The number of carbonyl (C=O) groups excluding carboxylic acids is 4. The van der Waals surface area contributed by atoms with E-state index in [-0.39, 0.29) is 30.5 Å². The van der Waals surface area contributed by atoms with Gasteiger partial charge in [0.05, 0.1) is 0 Å². The number of alkyl carbamates (subject to hydrolysis) is 1. The van der Waals surface area contributed by atoms with Crippen molar-refractivity contribution in [3.8, 4) is 0 Å². The van der Waals surface area contributed by atoms with Crippen molar-refractivity contribution >= 4 is 35.5 Å². The SMILES string of the molecule is CC1=CC[C@@H]([C@@H](C)/C=C(C)/C=C\C=C/C(=O)N[C@@H](Cc2ccccc2)C(=O)N/C=C\C[C@H](C/C=C(\C)Cl)OC(=O)NC(C)C)OC1=O. The van der Waals surface area contributed by atoms with Crippen molar-refractivity contribution in [2.24, 2.45) is 5.92 Å². The van der Waals surface area contributed by atoms with Crippen LogP contribution < -0.4 is 16.0 Å². The number of benzene rings is 1. The average molecular weight is 666 g/mol. The predicted octanol–water partition coefficient (Wildman–Crippen LogP) is 6.73. The van der Waals surface area contributed by atoms with Crippen LogP contribution in [0, 0.1) is 5.92 Å². The Hall–Kier alpha value is -4.37. The molecular formula is C37H48ClN3O6. The molecule has 2 rings (SSSR count). The van der Waals surface area contributed by atoms with Gasteiger partial charge >= 0.3 is 12.1 Å². The minimum Gasteiger partial charge on any atom is -0.458 e. The molecule has 4 atom stereocenters. The normalized spacial score (nSPS) is 17.7. The summed E-state index contributed by atoms with van der Waals surface area (Å²) in [5.74, 6) is -1.07. The number of halogens is 1. The Morgan fingerprint density at radius 1 is 1.04 bits per heavy atom. The maximum atomic E-state index is 13.2. The molecule has 1 aliphatic rings. The van der Waals surface area contributed by atoms with Crippen LogP contribution in [0.1, 0.15) is 66.4 Å². The van der Waals surface area contributed by atoms with Crippen molar-refractivity contribution in [3.05, 3.63) is 107 Å². The van der Waals surface area contributed by atoms with Crippen molar-refractivity contribution in [3.63, 3.8) is 0 Å². The van der Waals surface area contributed by atoms with Crippen molar-refractivity contribution < 1.29 is 28.7 Å². The largest absolute Gasteiger partial charge is 0.458 e. The Bertz CT molecular complexity index is 1390. The summed E-state index contributed by atoms with van der Waals surface area (Å²) in [6.45, 7) is 11.1. The van der Waals surface area contributed by atoms with Crippen LogP contribution in [-0.4, -0.2) is 48.2 Å². The topological polar surface area (TPSA) is 123 Å². The summed E-state index contributed by atoms with van der Waals surface area (Å²) in [4.78, 5) is 49.9. The highest BCUT2D eigenvalue weighted by molar-refractivity contribution is 6.29. The smallest absolute Gasteiger partial charge is 0.407 e. The second-order valence-electron chi connectivity index (χ2n) is 11.8. The Morgan fingerprint density at radius 3 is 2.40 bits per heavy atom. The third-order valence-electron chi connectivity index (χ3n) is 7.07. The predicted molar refractivity (Wildman–Crippen MR) is 186 cm³/mol. The summed E-state index contributed by atoms with van der Waals surface area (Å²) < 4.78 is 11.0. The van der Waals surface area contributed by atoms with Crippen LogP contribution >= 0.6 is 11.6 Å². The van der Waals surface area contributed by atoms with Gasteiger partial charge < -0.3 is 25.4 Å². The molecule has 9 nitrogen and oxygen atoms in total. The highest BCUT2D eigenvalue weighted by Crippen LogP contribution is 2.22. The van der Waals surface area contributed by atoms with Gasteiger partial charge in [-0.2, -0.15) is 0 Å². The highest BCUT2D eigenvalue weighted by atomic mass is 35.5. The van der Waals surface area contributed by atoms with Crippen LogP contribution in [0.5, 0.6) is 0 Å².